The number of nitrogens with zero attached hydrogens (tertiary/aromatic N) is 2. The lowest BCUT2D eigenvalue weighted by Crippen LogP contribution is -2.30. The maximum Gasteiger partial charge on any atom is 0.0991 e. The Bertz CT molecular complexity index is 326. The molecular weight excluding hydrogens is 284 g/mol. The van der Waals surface area contributed by atoms with Crippen LogP contribution in [0.1, 0.15) is 84.0 Å². The van der Waals surface area contributed by atoms with E-state index in [-0.39, 0.29) is 6.61 Å². The maximum absolute atomic E-state index is 9.03. The second kappa shape index (κ2) is 14.7. The zero-order chi connectivity index (χ0) is 16.6. The van der Waals surface area contributed by atoms with Crippen molar-refractivity contribution in [2.75, 3.05) is 26.2 Å². The molecule has 0 fully saturated rings. The molecule has 0 atom stereocenters. The van der Waals surface area contributed by atoms with Crippen molar-refractivity contribution in [2.45, 2.75) is 84.0 Å². The summed E-state index contributed by atoms with van der Waals surface area (Å²) in [5, 5.41) is 9.03. The minimum absolute atomic E-state index is 0.242. The van der Waals surface area contributed by atoms with Crippen LogP contribution < -0.4 is 0 Å². The van der Waals surface area contributed by atoms with Gasteiger partial charge in [-0.2, -0.15) is 0 Å². The number of rotatable bonds is 15. The molecule has 3 heteroatoms. The average molecular weight is 323 g/mol. The van der Waals surface area contributed by atoms with Gasteiger partial charge in [0.15, 0.2) is 0 Å². The number of hydrogen-bond acceptors (Lipinski definition) is 3. The smallest absolute Gasteiger partial charge is 0.0991 e. The number of aliphatic imine (C=N–C) groups is 1. The van der Waals surface area contributed by atoms with Crippen molar-refractivity contribution in [3.05, 3.63) is 12.2 Å². The van der Waals surface area contributed by atoms with Crippen LogP contribution in [0.15, 0.2) is 17.1 Å². The fourth-order valence-corrected chi connectivity index (χ4v) is 3.13. The first-order chi connectivity index (χ1) is 11.4. The van der Waals surface area contributed by atoms with Crippen LogP contribution in [0.2, 0.25) is 0 Å². The van der Waals surface area contributed by atoms with Crippen LogP contribution in [0.25, 0.3) is 0 Å². The van der Waals surface area contributed by atoms with Crippen LogP contribution in [-0.2, 0) is 0 Å². The van der Waals surface area contributed by atoms with Crippen LogP contribution >= 0.6 is 0 Å². The van der Waals surface area contributed by atoms with Gasteiger partial charge < -0.3 is 10.0 Å². The van der Waals surface area contributed by atoms with E-state index in [9.17, 15) is 0 Å². The number of aliphatic hydroxyl groups excluding tert-OH is 1. The van der Waals surface area contributed by atoms with E-state index in [4.69, 9.17) is 5.11 Å². The predicted octanol–water partition coefficient (Wildman–Crippen LogP) is 4.95. The van der Waals surface area contributed by atoms with Gasteiger partial charge in [0.05, 0.1) is 19.0 Å². The highest BCUT2D eigenvalue weighted by Crippen LogP contribution is 2.12. The lowest BCUT2D eigenvalue weighted by molar-refractivity contribution is 0.255. The van der Waals surface area contributed by atoms with Gasteiger partial charge in [-0.15, -0.1) is 0 Å². The minimum atomic E-state index is 0.242. The number of hydrogen-bond donors (Lipinski definition) is 1. The van der Waals surface area contributed by atoms with Gasteiger partial charge in [0, 0.05) is 19.5 Å². The van der Waals surface area contributed by atoms with E-state index in [1.807, 2.05) is 0 Å². The molecule has 0 radical (unpaired) electrons. The summed E-state index contributed by atoms with van der Waals surface area (Å²) in [6.45, 7) is 5.18. The summed E-state index contributed by atoms with van der Waals surface area (Å²) in [6, 6.07) is 0. The van der Waals surface area contributed by atoms with Crippen molar-refractivity contribution < 1.29 is 5.11 Å². The number of allylic oxidation sites excluding steroid dienone is 2. The Labute approximate surface area is 143 Å². The molecule has 134 valence electrons. The molecule has 0 aliphatic carbocycles. The van der Waals surface area contributed by atoms with E-state index in [1.54, 1.807) is 0 Å². The summed E-state index contributed by atoms with van der Waals surface area (Å²) in [5.41, 5.74) is 0. The third-order valence-electron chi connectivity index (χ3n) is 4.56. The zero-order valence-electron chi connectivity index (χ0n) is 15.3. The highest BCUT2D eigenvalue weighted by Gasteiger charge is 2.14. The molecule has 0 bridgehead atoms. The molecule has 3 nitrogen and oxygen atoms in total. The van der Waals surface area contributed by atoms with Crippen LogP contribution in [0.4, 0.5) is 0 Å². The molecule has 0 spiro atoms. The highest BCUT2D eigenvalue weighted by molar-refractivity contribution is 5.83. The lowest BCUT2D eigenvalue weighted by atomic mass is 10.1. The van der Waals surface area contributed by atoms with E-state index in [2.05, 4.69) is 29.0 Å². The average Bonchev–Trinajstić information content (AvgIpc) is 2.99. The molecule has 0 saturated heterocycles. The third kappa shape index (κ3) is 10.5. The fourth-order valence-electron chi connectivity index (χ4n) is 3.13. The topological polar surface area (TPSA) is 35.8 Å². The molecule has 0 aromatic carbocycles. The van der Waals surface area contributed by atoms with E-state index in [0.29, 0.717) is 0 Å². The fraction of sp³-hybridized carbons (Fsp3) is 0.850. The lowest BCUT2D eigenvalue weighted by Gasteiger charge is -2.18. The predicted molar refractivity (Wildman–Crippen MR) is 101 cm³/mol. The van der Waals surface area contributed by atoms with Gasteiger partial charge >= 0.3 is 0 Å². The first kappa shape index (κ1) is 20.2. The molecule has 1 rings (SSSR count). The van der Waals surface area contributed by atoms with E-state index in [0.717, 1.165) is 26.1 Å². The molecule has 0 saturated carbocycles. The monoisotopic (exact) mass is 322 g/mol. The summed E-state index contributed by atoms with van der Waals surface area (Å²) < 4.78 is 0. The summed E-state index contributed by atoms with van der Waals surface area (Å²) in [7, 11) is 0. The number of amidine groups is 1. The summed E-state index contributed by atoms with van der Waals surface area (Å²) in [5.74, 6) is 1.23. The maximum atomic E-state index is 9.03. The zero-order valence-corrected chi connectivity index (χ0v) is 15.3. The van der Waals surface area contributed by atoms with Crippen molar-refractivity contribution in [2.24, 2.45) is 4.99 Å². The number of β-amino-alcohol motifs (C(OH)–C–C–N with tert-alkyl or cyclic N) is 1. The van der Waals surface area contributed by atoms with Gasteiger partial charge in [-0.1, -0.05) is 57.6 Å². The van der Waals surface area contributed by atoms with Crippen LogP contribution in [-0.4, -0.2) is 42.1 Å². The van der Waals surface area contributed by atoms with Gasteiger partial charge in [-0.3, -0.25) is 4.99 Å². The second-order valence-electron chi connectivity index (χ2n) is 6.64. The molecule has 1 heterocycles. The SMILES string of the molecule is CCCCC/C=C/CCCCCCCCC1=NCCN1CCO. The molecule has 1 N–H and O–H groups in total. The van der Waals surface area contributed by atoms with Crippen molar-refractivity contribution in [1.82, 2.24) is 4.90 Å². The second-order valence-corrected chi connectivity index (χ2v) is 6.64. The standard InChI is InChI=1S/C20H38N2O/c1-2-3-4-5-6-7-8-9-10-11-12-13-14-15-20-21-16-17-22(20)18-19-23/h6-7,23H,2-5,8-19H2,1H3/b7-6+. The molecule has 1 aliphatic heterocycles. The van der Waals surface area contributed by atoms with Crippen LogP contribution in [0.3, 0.4) is 0 Å². The summed E-state index contributed by atoms with van der Waals surface area (Å²) in [6.07, 6.45) is 20.4. The molecular formula is C20H38N2O. The Hall–Kier alpha value is -0.830. The van der Waals surface area contributed by atoms with Crippen molar-refractivity contribution in [1.29, 1.82) is 0 Å². The Morgan fingerprint density at radius 3 is 2.30 bits per heavy atom. The quantitative estimate of drug-likeness (QED) is 0.342. The first-order valence-electron chi connectivity index (χ1n) is 9.92. The van der Waals surface area contributed by atoms with E-state index in [1.165, 1.54) is 76.5 Å². The third-order valence-corrected chi connectivity index (χ3v) is 4.56. The molecule has 23 heavy (non-hydrogen) atoms. The van der Waals surface area contributed by atoms with Gasteiger partial charge in [0.25, 0.3) is 0 Å². The van der Waals surface area contributed by atoms with E-state index < -0.39 is 0 Å². The van der Waals surface area contributed by atoms with Crippen molar-refractivity contribution in [3.8, 4) is 0 Å². The molecule has 0 unspecified atom stereocenters. The highest BCUT2D eigenvalue weighted by atomic mass is 16.3. The molecule has 0 aromatic heterocycles. The van der Waals surface area contributed by atoms with Gasteiger partial charge in [-0.05, 0) is 32.1 Å². The largest absolute Gasteiger partial charge is 0.395 e. The Morgan fingerprint density at radius 1 is 0.957 bits per heavy atom. The van der Waals surface area contributed by atoms with Crippen molar-refractivity contribution in [3.63, 3.8) is 0 Å². The molecule has 0 amide bonds. The summed E-state index contributed by atoms with van der Waals surface area (Å²) in [4.78, 5) is 6.80. The Kier molecular flexibility index (Phi) is 13.0. The van der Waals surface area contributed by atoms with Crippen LogP contribution in [0, 0.1) is 0 Å². The molecule has 1 aliphatic rings. The summed E-state index contributed by atoms with van der Waals surface area (Å²) >= 11 is 0. The number of unbranched alkanes of at least 4 members (excludes halogenated alkanes) is 9. The van der Waals surface area contributed by atoms with Gasteiger partial charge in [0.1, 0.15) is 0 Å². The normalized spacial score (nSPS) is 14.9. The minimum Gasteiger partial charge on any atom is -0.395 e. The van der Waals surface area contributed by atoms with Gasteiger partial charge in [-0.25, -0.2) is 0 Å². The first-order valence-corrected chi connectivity index (χ1v) is 9.92. The van der Waals surface area contributed by atoms with Crippen molar-refractivity contribution >= 4 is 5.84 Å². The van der Waals surface area contributed by atoms with Gasteiger partial charge in [0.2, 0.25) is 0 Å². The molecule has 0 aromatic rings. The van der Waals surface area contributed by atoms with Crippen LogP contribution in [0.5, 0.6) is 0 Å². The number of aliphatic hydroxyl groups is 1. The Morgan fingerprint density at radius 2 is 1.61 bits per heavy atom. The Balaban J connectivity index is 1.85. The van der Waals surface area contributed by atoms with E-state index >= 15 is 0 Å².